The van der Waals surface area contributed by atoms with Crippen LogP contribution in [0.25, 0.3) is 0 Å². The summed E-state index contributed by atoms with van der Waals surface area (Å²) in [7, 11) is 0. The number of hydrogen-bond donors (Lipinski definition) is 3. The van der Waals surface area contributed by atoms with Crippen LogP contribution in [0.3, 0.4) is 0 Å². The topological polar surface area (TPSA) is 70.1 Å². The van der Waals surface area contributed by atoms with Crippen LogP contribution in [0.2, 0.25) is 0 Å². The summed E-state index contributed by atoms with van der Waals surface area (Å²) >= 11 is 0. The van der Waals surface area contributed by atoms with Gasteiger partial charge >= 0.3 is 0 Å². The molecule has 0 saturated carbocycles. The number of hydrogen-bond acceptors (Lipinski definition) is 5. The summed E-state index contributed by atoms with van der Waals surface area (Å²) in [6, 6.07) is 0. The predicted octanol–water partition coefficient (Wildman–Crippen LogP) is 3.21. The molecule has 0 fully saturated rings. The maximum Gasteiger partial charge on any atom is 0.135 e. The predicted molar refractivity (Wildman–Crippen MR) is 88.8 cm³/mol. The van der Waals surface area contributed by atoms with Crippen molar-refractivity contribution in [2.45, 2.75) is 65.3 Å². The van der Waals surface area contributed by atoms with E-state index in [0.29, 0.717) is 0 Å². The Kier molecular flexibility index (Phi) is 7.43. The Balaban J connectivity index is 3.09. The molecule has 1 aromatic rings. The quantitative estimate of drug-likeness (QED) is 0.618. The van der Waals surface area contributed by atoms with E-state index in [4.69, 9.17) is 0 Å². The van der Waals surface area contributed by atoms with Crippen LogP contribution < -0.4 is 10.6 Å². The number of rotatable bonds is 10. The van der Waals surface area contributed by atoms with Gasteiger partial charge in [-0.25, -0.2) is 9.97 Å². The first-order chi connectivity index (χ1) is 10.2. The minimum atomic E-state index is -0.307. The van der Waals surface area contributed by atoms with E-state index in [0.717, 1.165) is 55.8 Å². The first-order valence-corrected chi connectivity index (χ1v) is 8.13. The molecule has 0 bridgehead atoms. The third-order valence-corrected chi connectivity index (χ3v) is 4.03. The zero-order chi connectivity index (χ0) is 15.7. The van der Waals surface area contributed by atoms with Crippen molar-refractivity contribution in [3.63, 3.8) is 0 Å². The molecule has 1 heterocycles. The van der Waals surface area contributed by atoms with Gasteiger partial charge in [0.15, 0.2) is 0 Å². The average molecular weight is 294 g/mol. The third kappa shape index (κ3) is 4.56. The SMILES string of the molecule is CCCNc1ncnc(NC(CC)(CC)CO)c1CCC. The molecule has 0 aliphatic carbocycles. The van der Waals surface area contributed by atoms with Crippen molar-refractivity contribution in [2.75, 3.05) is 23.8 Å². The van der Waals surface area contributed by atoms with Gasteiger partial charge in [-0.2, -0.15) is 0 Å². The average Bonchev–Trinajstić information content (AvgIpc) is 2.53. The first kappa shape index (κ1) is 17.7. The van der Waals surface area contributed by atoms with Gasteiger partial charge in [0.1, 0.15) is 18.0 Å². The zero-order valence-electron chi connectivity index (χ0n) is 13.9. The maximum atomic E-state index is 9.75. The molecule has 21 heavy (non-hydrogen) atoms. The van der Waals surface area contributed by atoms with Gasteiger partial charge < -0.3 is 15.7 Å². The van der Waals surface area contributed by atoms with Crippen molar-refractivity contribution in [3.05, 3.63) is 11.9 Å². The summed E-state index contributed by atoms with van der Waals surface area (Å²) < 4.78 is 0. The lowest BCUT2D eigenvalue weighted by molar-refractivity contribution is 0.202. The lowest BCUT2D eigenvalue weighted by atomic mass is 9.93. The lowest BCUT2D eigenvalue weighted by Gasteiger charge is -2.32. The monoisotopic (exact) mass is 294 g/mol. The largest absolute Gasteiger partial charge is 0.394 e. The van der Waals surface area contributed by atoms with Gasteiger partial charge in [-0.15, -0.1) is 0 Å². The van der Waals surface area contributed by atoms with Crippen molar-refractivity contribution in [1.82, 2.24) is 9.97 Å². The lowest BCUT2D eigenvalue weighted by Crippen LogP contribution is -2.41. The minimum absolute atomic E-state index is 0.104. The van der Waals surface area contributed by atoms with Gasteiger partial charge in [-0.1, -0.05) is 34.1 Å². The fourth-order valence-corrected chi connectivity index (χ4v) is 2.34. The molecule has 3 N–H and O–H groups in total. The third-order valence-electron chi connectivity index (χ3n) is 4.03. The molecule has 0 aliphatic rings. The summed E-state index contributed by atoms with van der Waals surface area (Å²) in [5.74, 6) is 1.76. The van der Waals surface area contributed by atoms with Crippen LogP contribution in [0.4, 0.5) is 11.6 Å². The molecule has 0 amide bonds. The highest BCUT2D eigenvalue weighted by Gasteiger charge is 2.27. The zero-order valence-corrected chi connectivity index (χ0v) is 13.9. The van der Waals surface area contributed by atoms with Gasteiger partial charge in [0, 0.05) is 12.1 Å². The van der Waals surface area contributed by atoms with Gasteiger partial charge in [0.25, 0.3) is 0 Å². The number of nitrogens with one attached hydrogen (secondary N) is 2. The number of aromatic nitrogens is 2. The molecule has 0 spiro atoms. The highest BCUT2D eigenvalue weighted by Crippen LogP contribution is 2.27. The molecular formula is C16H30N4O. The summed E-state index contributed by atoms with van der Waals surface area (Å²) in [6.07, 6.45) is 6.31. The molecule has 0 aromatic carbocycles. The van der Waals surface area contributed by atoms with Crippen LogP contribution >= 0.6 is 0 Å². The summed E-state index contributed by atoms with van der Waals surface area (Å²) in [5.41, 5.74) is 0.812. The number of aliphatic hydroxyl groups excluding tert-OH is 1. The molecule has 1 aromatic heterocycles. The molecule has 5 heteroatoms. The van der Waals surface area contributed by atoms with Gasteiger partial charge in [-0.05, 0) is 25.7 Å². The fraction of sp³-hybridized carbons (Fsp3) is 0.750. The van der Waals surface area contributed by atoms with Crippen LogP contribution in [0.5, 0.6) is 0 Å². The van der Waals surface area contributed by atoms with Crippen molar-refractivity contribution < 1.29 is 5.11 Å². The molecule has 0 radical (unpaired) electrons. The van der Waals surface area contributed by atoms with Gasteiger partial charge in [-0.3, -0.25) is 0 Å². The maximum absolute atomic E-state index is 9.75. The smallest absolute Gasteiger partial charge is 0.135 e. The Bertz CT molecular complexity index is 410. The number of anilines is 2. The van der Waals surface area contributed by atoms with Crippen molar-refractivity contribution in [3.8, 4) is 0 Å². The van der Waals surface area contributed by atoms with E-state index >= 15 is 0 Å². The minimum Gasteiger partial charge on any atom is -0.394 e. The van der Waals surface area contributed by atoms with E-state index in [9.17, 15) is 5.11 Å². The molecule has 120 valence electrons. The van der Waals surface area contributed by atoms with E-state index in [1.54, 1.807) is 6.33 Å². The normalized spacial score (nSPS) is 11.5. The van der Waals surface area contributed by atoms with Crippen LogP contribution in [-0.2, 0) is 6.42 Å². The van der Waals surface area contributed by atoms with Crippen LogP contribution in [0.15, 0.2) is 6.33 Å². The van der Waals surface area contributed by atoms with E-state index in [2.05, 4.69) is 48.3 Å². The molecule has 0 atom stereocenters. The van der Waals surface area contributed by atoms with E-state index in [1.807, 2.05) is 0 Å². The highest BCUT2D eigenvalue weighted by molar-refractivity contribution is 5.58. The number of aliphatic hydroxyl groups is 1. The standard InChI is InChI=1S/C16H30N4O/c1-5-9-13-14(17-10-6-2)18-12-19-15(13)20-16(7-3,8-4)11-21/h12,21H,5-11H2,1-4H3,(H2,17,18,19,20). The second-order valence-corrected chi connectivity index (χ2v) is 5.50. The van der Waals surface area contributed by atoms with Crippen LogP contribution in [0, 0.1) is 0 Å². The van der Waals surface area contributed by atoms with Gasteiger partial charge in [0.2, 0.25) is 0 Å². The molecule has 1 rings (SSSR count). The van der Waals surface area contributed by atoms with Crippen molar-refractivity contribution in [2.24, 2.45) is 0 Å². The molecule has 5 nitrogen and oxygen atoms in total. The van der Waals surface area contributed by atoms with Gasteiger partial charge in [0.05, 0.1) is 12.1 Å². The number of nitrogens with zero attached hydrogens (tertiary/aromatic N) is 2. The Morgan fingerprint density at radius 3 is 2.24 bits per heavy atom. The molecular weight excluding hydrogens is 264 g/mol. The highest BCUT2D eigenvalue weighted by atomic mass is 16.3. The van der Waals surface area contributed by atoms with Crippen LogP contribution in [0.1, 0.15) is 58.9 Å². The molecule has 0 aliphatic heterocycles. The van der Waals surface area contributed by atoms with E-state index in [-0.39, 0.29) is 12.1 Å². The Morgan fingerprint density at radius 2 is 1.71 bits per heavy atom. The van der Waals surface area contributed by atoms with Crippen molar-refractivity contribution >= 4 is 11.6 Å². The second kappa shape index (κ2) is 8.82. The Labute approximate surface area is 128 Å². The first-order valence-electron chi connectivity index (χ1n) is 8.13. The summed E-state index contributed by atoms with van der Waals surface area (Å²) in [6.45, 7) is 9.47. The van der Waals surface area contributed by atoms with E-state index in [1.165, 1.54) is 0 Å². The van der Waals surface area contributed by atoms with Crippen LogP contribution in [-0.4, -0.2) is 33.8 Å². The Morgan fingerprint density at radius 1 is 1.05 bits per heavy atom. The van der Waals surface area contributed by atoms with Crippen molar-refractivity contribution in [1.29, 1.82) is 0 Å². The molecule has 0 saturated heterocycles. The second-order valence-electron chi connectivity index (χ2n) is 5.50. The van der Waals surface area contributed by atoms with E-state index < -0.39 is 0 Å². The Hall–Kier alpha value is -1.36. The fourth-order valence-electron chi connectivity index (χ4n) is 2.34. The summed E-state index contributed by atoms with van der Waals surface area (Å²) in [5, 5.41) is 16.6. The summed E-state index contributed by atoms with van der Waals surface area (Å²) in [4.78, 5) is 8.80. The molecule has 0 unspecified atom stereocenters.